The second-order valence-electron chi connectivity index (χ2n) is 5.24. The smallest absolute Gasteiger partial charge is 0.319 e. The van der Waals surface area contributed by atoms with E-state index in [4.69, 9.17) is 0 Å². The molecule has 0 aliphatic carbocycles. The summed E-state index contributed by atoms with van der Waals surface area (Å²) in [6, 6.07) is 11.5. The minimum atomic E-state index is -2.67. The van der Waals surface area contributed by atoms with Crippen LogP contribution in [0.4, 0.5) is 8.78 Å². The van der Waals surface area contributed by atoms with E-state index in [1.807, 2.05) is 53.4 Å². The molecule has 3 aromatic rings. The number of hydrogen-bond acceptors (Lipinski definition) is 2. The predicted molar refractivity (Wildman–Crippen MR) is 84.8 cm³/mol. The lowest BCUT2D eigenvalue weighted by Crippen LogP contribution is -2.26. The van der Waals surface area contributed by atoms with Crippen LogP contribution in [0.15, 0.2) is 61.2 Å². The van der Waals surface area contributed by atoms with Gasteiger partial charge in [0, 0.05) is 30.5 Å². The van der Waals surface area contributed by atoms with Crippen LogP contribution < -0.4 is 5.32 Å². The monoisotopic (exact) mass is 330 g/mol. The van der Waals surface area contributed by atoms with Crippen LogP contribution in [-0.2, 0) is 17.8 Å². The average molecular weight is 330 g/mol. The van der Waals surface area contributed by atoms with E-state index in [0.717, 1.165) is 15.8 Å². The molecule has 0 saturated heterocycles. The van der Waals surface area contributed by atoms with Gasteiger partial charge in [-0.2, -0.15) is 8.78 Å². The highest BCUT2D eigenvalue weighted by molar-refractivity contribution is 5.78. The maximum atomic E-state index is 12.7. The highest BCUT2D eigenvalue weighted by Crippen LogP contribution is 2.13. The van der Waals surface area contributed by atoms with Crippen LogP contribution in [0, 0.1) is 0 Å². The van der Waals surface area contributed by atoms with Gasteiger partial charge in [-0.15, -0.1) is 0 Å². The van der Waals surface area contributed by atoms with Crippen LogP contribution in [0.5, 0.6) is 0 Å². The third-order valence-electron chi connectivity index (χ3n) is 3.61. The fourth-order valence-electron chi connectivity index (χ4n) is 2.38. The molecule has 2 aromatic heterocycles. The van der Waals surface area contributed by atoms with Gasteiger partial charge in [-0.3, -0.25) is 9.36 Å². The Bertz CT molecular complexity index is 794. The highest BCUT2D eigenvalue weighted by atomic mass is 19.3. The third kappa shape index (κ3) is 3.68. The van der Waals surface area contributed by atoms with E-state index in [1.54, 1.807) is 0 Å². The van der Waals surface area contributed by atoms with Crippen molar-refractivity contribution in [2.45, 2.75) is 19.5 Å². The summed E-state index contributed by atoms with van der Waals surface area (Å²) in [6.07, 6.45) is 6.53. The third-order valence-corrected chi connectivity index (χ3v) is 3.61. The van der Waals surface area contributed by atoms with Crippen LogP contribution in [0.3, 0.4) is 0 Å². The second-order valence-corrected chi connectivity index (χ2v) is 5.24. The Labute approximate surface area is 137 Å². The van der Waals surface area contributed by atoms with Crippen LogP contribution in [0.1, 0.15) is 17.9 Å². The Morgan fingerprint density at radius 3 is 2.50 bits per heavy atom. The maximum absolute atomic E-state index is 12.7. The molecule has 0 aliphatic heterocycles. The van der Waals surface area contributed by atoms with E-state index in [-0.39, 0.29) is 24.7 Å². The van der Waals surface area contributed by atoms with Crippen molar-refractivity contribution in [3.05, 3.63) is 72.6 Å². The van der Waals surface area contributed by atoms with Gasteiger partial charge in [0.05, 0.1) is 13.0 Å². The number of alkyl halides is 2. The summed E-state index contributed by atoms with van der Waals surface area (Å²) in [7, 11) is 0. The molecule has 0 saturated carbocycles. The number of carbonyl (C=O) groups is 1. The number of hydrogen-bond donors (Lipinski definition) is 1. The molecule has 1 amide bonds. The highest BCUT2D eigenvalue weighted by Gasteiger charge is 2.12. The molecule has 0 radical (unpaired) electrons. The van der Waals surface area contributed by atoms with Crippen molar-refractivity contribution >= 4 is 5.91 Å². The Hall–Kier alpha value is -2.96. The summed E-state index contributed by atoms with van der Waals surface area (Å²) in [5.41, 5.74) is 1.85. The maximum Gasteiger partial charge on any atom is 0.319 e. The molecule has 3 rings (SSSR count). The van der Waals surface area contributed by atoms with Crippen LogP contribution in [-0.4, -0.2) is 20.0 Å². The van der Waals surface area contributed by atoms with Crippen molar-refractivity contribution in [2.75, 3.05) is 0 Å². The zero-order chi connectivity index (χ0) is 16.9. The molecule has 7 heteroatoms. The first-order valence-corrected chi connectivity index (χ1v) is 7.42. The number of imidazole rings is 1. The van der Waals surface area contributed by atoms with Crippen molar-refractivity contribution in [3.8, 4) is 5.69 Å². The minimum Gasteiger partial charge on any atom is -0.349 e. The first-order chi connectivity index (χ1) is 11.6. The predicted octanol–water partition coefficient (Wildman–Crippen LogP) is 2.93. The molecule has 0 spiro atoms. The van der Waals surface area contributed by atoms with E-state index in [1.165, 1.54) is 12.4 Å². The lowest BCUT2D eigenvalue weighted by molar-refractivity contribution is -0.120. The molecule has 124 valence electrons. The molecule has 0 aliphatic rings. The number of carbonyl (C=O) groups excluding carboxylic acids is 1. The number of amides is 1. The Kier molecular flexibility index (Phi) is 4.69. The largest absolute Gasteiger partial charge is 0.349 e. The van der Waals surface area contributed by atoms with E-state index in [0.29, 0.717) is 0 Å². The molecular formula is C17H16F2N4O. The number of nitrogens with zero attached hydrogens (tertiary/aromatic N) is 3. The molecule has 2 heterocycles. The number of rotatable bonds is 6. The van der Waals surface area contributed by atoms with Crippen molar-refractivity contribution in [1.82, 2.24) is 19.4 Å². The van der Waals surface area contributed by atoms with Crippen molar-refractivity contribution in [2.24, 2.45) is 0 Å². The summed E-state index contributed by atoms with van der Waals surface area (Å²) in [5, 5.41) is 2.61. The fourth-order valence-corrected chi connectivity index (χ4v) is 2.38. The zero-order valence-electron chi connectivity index (χ0n) is 12.8. The van der Waals surface area contributed by atoms with Crippen LogP contribution in [0.25, 0.3) is 5.69 Å². The second kappa shape index (κ2) is 7.08. The van der Waals surface area contributed by atoms with Crippen LogP contribution >= 0.6 is 0 Å². The topological polar surface area (TPSA) is 51.9 Å². The Morgan fingerprint density at radius 2 is 1.83 bits per heavy atom. The molecule has 0 bridgehead atoms. The minimum absolute atomic E-state index is 0.0301. The molecule has 24 heavy (non-hydrogen) atoms. The van der Waals surface area contributed by atoms with E-state index in [2.05, 4.69) is 10.3 Å². The van der Waals surface area contributed by atoms with Gasteiger partial charge in [-0.05, 0) is 29.8 Å². The van der Waals surface area contributed by atoms with Crippen molar-refractivity contribution in [3.63, 3.8) is 0 Å². The van der Waals surface area contributed by atoms with Crippen molar-refractivity contribution < 1.29 is 13.6 Å². The van der Waals surface area contributed by atoms with Gasteiger partial charge >= 0.3 is 6.55 Å². The van der Waals surface area contributed by atoms with E-state index in [9.17, 15) is 13.6 Å². The molecule has 0 unspecified atom stereocenters. The normalized spacial score (nSPS) is 11.0. The van der Waals surface area contributed by atoms with E-state index >= 15 is 0 Å². The summed E-state index contributed by atoms with van der Waals surface area (Å²) in [5.74, 6) is -0.117. The first kappa shape index (κ1) is 15.9. The number of aromatic nitrogens is 3. The lowest BCUT2D eigenvalue weighted by Gasteiger charge is -2.08. The van der Waals surface area contributed by atoms with Gasteiger partial charge < -0.3 is 9.88 Å². The summed E-state index contributed by atoms with van der Waals surface area (Å²) >= 11 is 0. The molecule has 0 fully saturated rings. The van der Waals surface area contributed by atoms with E-state index < -0.39 is 6.55 Å². The van der Waals surface area contributed by atoms with Gasteiger partial charge in [-0.1, -0.05) is 12.1 Å². The lowest BCUT2D eigenvalue weighted by atomic mass is 10.1. The Morgan fingerprint density at radius 1 is 1.12 bits per heavy atom. The number of benzene rings is 1. The zero-order valence-corrected chi connectivity index (χ0v) is 12.8. The molecule has 1 aromatic carbocycles. The number of nitrogens with one attached hydrogen (secondary N) is 1. The molecule has 5 nitrogen and oxygen atoms in total. The number of halogens is 2. The van der Waals surface area contributed by atoms with Gasteiger partial charge in [0.25, 0.3) is 0 Å². The average Bonchev–Trinajstić information content (AvgIpc) is 3.25. The summed E-state index contributed by atoms with van der Waals surface area (Å²) in [6.45, 7) is -2.70. The molecule has 1 N–H and O–H groups in total. The fraction of sp³-hybridized carbons (Fsp3) is 0.176. The van der Waals surface area contributed by atoms with Gasteiger partial charge in [0.15, 0.2) is 0 Å². The van der Waals surface area contributed by atoms with Crippen LogP contribution in [0.2, 0.25) is 0 Å². The SMILES string of the molecule is O=C(Cc1ccc(-n2cccc2)cc1)NCc1nccn1C(F)F. The van der Waals surface area contributed by atoms with Crippen molar-refractivity contribution in [1.29, 1.82) is 0 Å². The van der Waals surface area contributed by atoms with Gasteiger partial charge in [0.1, 0.15) is 5.82 Å². The summed E-state index contributed by atoms with van der Waals surface area (Å²) < 4.78 is 28.1. The van der Waals surface area contributed by atoms with Gasteiger partial charge in [0.2, 0.25) is 5.91 Å². The summed E-state index contributed by atoms with van der Waals surface area (Å²) in [4.78, 5) is 15.8. The molecular weight excluding hydrogens is 314 g/mol. The van der Waals surface area contributed by atoms with Gasteiger partial charge in [-0.25, -0.2) is 4.98 Å². The quantitative estimate of drug-likeness (QED) is 0.755. The molecule has 0 atom stereocenters. The first-order valence-electron chi connectivity index (χ1n) is 7.42. The Balaban J connectivity index is 1.56. The standard InChI is InChI=1S/C17H16F2N4O/c18-17(19)23-10-7-20-15(23)12-21-16(24)11-13-3-5-14(6-4-13)22-8-1-2-9-22/h1-10,17H,11-12H2,(H,21,24).